The number of carboxylic acid groups (broad SMARTS) is 1. The Kier molecular flexibility index (Phi) is 4.47. The minimum Gasteiger partial charge on any atom is -0.481 e. The Morgan fingerprint density at radius 2 is 2.22 bits per heavy atom. The van der Waals surface area contributed by atoms with Crippen molar-refractivity contribution in [2.45, 2.75) is 18.9 Å². The third-order valence-corrected chi connectivity index (χ3v) is 4.36. The zero-order chi connectivity index (χ0) is 13.9. The Morgan fingerprint density at radius 3 is 2.61 bits per heavy atom. The van der Waals surface area contributed by atoms with Crippen molar-refractivity contribution in [3.63, 3.8) is 0 Å². The van der Waals surface area contributed by atoms with E-state index < -0.39 is 21.9 Å². The molecular weight excluding hydrogens is 258 g/mol. The molecule has 0 bridgehead atoms. The van der Waals surface area contributed by atoms with Gasteiger partial charge in [-0.3, -0.25) is 4.79 Å². The zero-order valence-electron chi connectivity index (χ0n) is 10.6. The standard InChI is InChI=1S/C10H17N3O4S/c1-4-13(5-8(2)10(14)15)18(16,17)9-6-12(3)7-11-9/h6-8H,4-5H2,1-3H3,(H,14,15). The van der Waals surface area contributed by atoms with Gasteiger partial charge in [-0.2, -0.15) is 4.31 Å². The molecule has 1 aromatic rings. The van der Waals surface area contributed by atoms with Crippen LogP contribution in [0.1, 0.15) is 13.8 Å². The van der Waals surface area contributed by atoms with Gasteiger partial charge in [-0.1, -0.05) is 13.8 Å². The van der Waals surface area contributed by atoms with E-state index in [1.165, 1.54) is 24.0 Å². The quantitative estimate of drug-likeness (QED) is 0.798. The van der Waals surface area contributed by atoms with E-state index in [4.69, 9.17) is 5.11 Å². The number of aliphatic carboxylic acids is 1. The first-order chi connectivity index (χ1) is 8.28. The fraction of sp³-hybridized carbons (Fsp3) is 0.600. The highest BCUT2D eigenvalue weighted by Gasteiger charge is 2.28. The molecule has 0 saturated heterocycles. The molecule has 1 aromatic heterocycles. The van der Waals surface area contributed by atoms with E-state index in [1.54, 1.807) is 14.0 Å². The van der Waals surface area contributed by atoms with Crippen LogP contribution in [0.2, 0.25) is 0 Å². The molecule has 102 valence electrons. The van der Waals surface area contributed by atoms with Crippen molar-refractivity contribution < 1.29 is 18.3 Å². The van der Waals surface area contributed by atoms with E-state index in [2.05, 4.69) is 4.98 Å². The first-order valence-corrected chi connectivity index (χ1v) is 6.94. The van der Waals surface area contributed by atoms with E-state index in [1.807, 2.05) is 0 Å². The van der Waals surface area contributed by atoms with Gasteiger partial charge in [-0.25, -0.2) is 13.4 Å². The summed E-state index contributed by atoms with van der Waals surface area (Å²) in [5, 5.41) is 8.76. The van der Waals surface area contributed by atoms with Crippen LogP contribution in [0, 0.1) is 5.92 Å². The fourth-order valence-electron chi connectivity index (χ4n) is 1.44. The van der Waals surface area contributed by atoms with Crippen LogP contribution >= 0.6 is 0 Å². The van der Waals surface area contributed by atoms with Gasteiger partial charge in [0.2, 0.25) is 0 Å². The summed E-state index contributed by atoms with van der Waals surface area (Å²) in [7, 11) is -2.05. The number of nitrogens with zero attached hydrogens (tertiary/aromatic N) is 3. The number of hydrogen-bond acceptors (Lipinski definition) is 4. The third-order valence-electron chi connectivity index (χ3n) is 2.54. The summed E-state index contributed by atoms with van der Waals surface area (Å²) in [6, 6.07) is 0. The smallest absolute Gasteiger partial charge is 0.307 e. The highest BCUT2D eigenvalue weighted by molar-refractivity contribution is 7.89. The summed E-state index contributed by atoms with van der Waals surface area (Å²) in [6.07, 6.45) is 2.78. The Hall–Kier alpha value is -1.41. The summed E-state index contributed by atoms with van der Waals surface area (Å²) in [4.78, 5) is 14.6. The van der Waals surface area contributed by atoms with Crippen molar-refractivity contribution in [2.75, 3.05) is 13.1 Å². The topological polar surface area (TPSA) is 92.5 Å². The summed E-state index contributed by atoms with van der Waals surface area (Å²) in [5.74, 6) is -1.78. The lowest BCUT2D eigenvalue weighted by atomic mass is 10.2. The van der Waals surface area contributed by atoms with Crippen LogP contribution in [0.15, 0.2) is 17.6 Å². The van der Waals surface area contributed by atoms with E-state index in [0.717, 1.165) is 4.31 Å². The highest BCUT2D eigenvalue weighted by Crippen LogP contribution is 2.14. The predicted octanol–water partition coefficient (Wildman–Crippen LogP) is 0.151. The van der Waals surface area contributed by atoms with Crippen molar-refractivity contribution >= 4 is 16.0 Å². The van der Waals surface area contributed by atoms with Gasteiger partial charge in [0, 0.05) is 26.3 Å². The van der Waals surface area contributed by atoms with Gasteiger partial charge in [0.25, 0.3) is 10.0 Å². The molecule has 0 radical (unpaired) electrons. The molecule has 0 aliphatic rings. The number of aromatic nitrogens is 2. The van der Waals surface area contributed by atoms with E-state index in [0.29, 0.717) is 0 Å². The molecule has 18 heavy (non-hydrogen) atoms. The molecule has 0 amide bonds. The first kappa shape index (κ1) is 14.7. The van der Waals surface area contributed by atoms with Gasteiger partial charge < -0.3 is 9.67 Å². The van der Waals surface area contributed by atoms with Crippen LogP contribution in [0.5, 0.6) is 0 Å². The number of hydrogen-bond donors (Lipinski definition) is 1. The minimum absolute atomic E-state index is 0.0647. The van der Waals surface area contributed by atoms with Crippen molar-refractivity contribution in [2.24, 2.45) is 13.0 Å². The van der Waals surface area contributed by atoms with Gasteiger partial charge in [0.05, 0.1) is 12.2 Å². The Morgan fingerprint density at radius 1 is 1.61 bits per heavy atom. The molecule has 8 heteroatoms. The van der Waals surface area contributed by atoms with E-state index in [9.17, 15) is 13.2 Å². The Labute approximate surface area is 106 Å². The molecule has 7 nitrogen and oxygen atoms in total. The van der Waals surface area contributed by atoms with Crippen LogP contribution in [0.3, 0.4) is 0 Å². The molecule has 1 atom stereocenters. The normalized spacial score (nSPS) is 13.8. The number of rotatable bonds is 6. The monoisotopic (exact) mass is 275 g/mol. The number of aryl methyl sites for hydroxylation is 1. The molecule has 0 spiro atoms. The number of carbonyl (C=O) groups is 1. The van der Waals surface area contributed by atoms with Gasteiger partial charge in [-0.05, 0) is 0 Å². The molecule has 1 unspecified atom stereocenters. The first-order valence-electron chi connectivity index (χ1n) is 5.50. The maximum Gasteiger partial charge on any atom is 0.307 e. The van der Waals surface area contributed by atoms with Crippen molar-refractivity contribution in [3.8, 4) is 0 Å². The molecule has 1 rings (SSSR count). The van der Waals surface area contributed by atoms with E-state index in [-0.39, 0.29) is 18.1 Å². The molecule has 1 heterocycles. The fourth-order valence-corrected chi connectivity index (χ4v) is 2.94. The lowest BCUT2D eigenvalue weighted by Gasteiger charge is -2.20. The highest BCUT2D eigenvalue weighted by atomic mass is 32.2. The van der Waals surface area contributed by atoms with Crippen LogP contribution in [-0.2, 0) is 21.9 Å². The molecule has 0 aliphatic heterocycles. The third kappa shape index (κ3) is 3.08. The second-order valence-electron chi connectivity index (χ2n) is 4.07. The van der Waals surface area contributed by atoms with Crippen molar-refractivity contribution in [1.82, 2.24) is 13.9 Å². The lowest BCUT2D eigenvalue weighted by Crippen LogP contribution is -2.36. The lowest BCUT2D eigenvalue weighted by molar-refractivity contribution is -0.141. The van der Waals surface area contributed by atoms with Gasteiger partial charge in [0.1, 0.15) is 0 Å². The summed E-state index contributed by atoms with van der Waals surface area (Å²) in [6.45, 7) is 3.27. The molecule has 0 fully saturated rings. The van der Waals surface area contributed by atoms with E-state index >= 15 is 0 Å². The summed E-state index contributed by atoms with van der Waals surface area (Å²) < 4.78 is 27.0. The second kappa shape index (κ2) is 5.49. The largest absolute Gasteiger partial charge is 0.481 e. The molecule has 0 aromatic carbocycles. The van der Waals surface area contributed by atoms with Gasteiger partial charge >= 0.3 is 5.97 Å². The summed E-state index contributed by atoms with van der Waals surface area (Å²) >= 11 is 0. The average molecular weight is 275 g/mol. The van der Waals surface area contributed by atoms with Crippen molar-refractivity contribution in [1.29, 1.82) is 0 Å². The SMILES string of the molecule is CCN(CC(C)C(=O)O)S(=O)(=O)c1cn(C)cn1. The zero-order valence-corrected chi connectivity index (χ0v) is 11.4. The van der Waals surface area contributed by atoms with Crippen LogP contribution in [0.4, 0.5) is 0 Å². The molecular formula is C10H17N3O4S. The Bertz CT molecular complexity index is 523. The predicted molar refractivity (Wildman–Crippen MR) is 64.4 cm³/mol. The maximum absolute atomic E-state index is 12.2. The van der Waals surface area contributed by atoms with Crippen molar-refractivity contribution in [3.05, 3.63) is 12.5 Å². The minimum atomic E-state index is -3.72. The maximum atomic E-state index is 12.2. The molecule has 0 aliphatic carbocycles. The van der Waals surface area contributed by atoms with Crippen LogP contribution < -0.4 is 0 Å². The van der Waals surface area contributed by atoms with Gasteiger partial charge in [-0.15, -0.1) is 0 Å². The average Bonchev–Trinajstić information content (AvgIpc) is 2.72. The second-order valence-corrected chi connectivity index (χ2v) is 5.96. The van der Waals surface area contributed by atoms with Gasteiger partial charge in [0.15, 0.2) is 5.03 Å². The van der Waals surface area contributed by atoms with Crippen LogP contribution in [-0.4, -0.2) is 46.4 Å². The van der Waals surface area contributed by atoms with Crippen LogP contribution in [0.25, 0.3) is 0 Å². The summed E-state index contributed by atoms with van der Waals surface area (Å²) in [5.41, 5.74) is 0. The number of imidazole rings is 1. The number of carboxylic acids is 1. The Balaban J connectivity index is 2.97. The number of sulfonamides is 1. The molecule has 1 N–H and O–H groups in total. The molecule has 0 saturated carbocycles.